The van der Waals surface area contributed by atoms with Gasteiger partial charge in [-0.05, 0) is 11.1 Å². The molecule has 78 valence electrons. The van der Waals surface area contributed by atoms with E-state index in [1.165, 1.54) is 0 Å². The Morgan fingerprint density at radius 1 is 1.14 bits per heavy atom. The normalized spacial score (nSPS) is 11.6. The van der Waals surface area contributed by atoms with Gasteiger partial charge in [0.2, 0.25) is 0 Å². The number of hydrogen-bond donors (Lipinski definition) is 3. The molecule has 0 spiro atoms. The van der Waals surface area contributed by atoms with Crippen LogP contribution in [0.15, 0.2) is 24.3 Å². The molecule has 5 nitrogen and oxygen atoms in total. The number of hydrogen-bond acceptors (Lipinski definition) is 3. The van der Waals surface area contributed by atoms with Crippen molar-refractivity contribution >= 4 is 7.82 Å². The molecule has 0 aliphatic rings. The molecule has 0 heterocycles. The molecule has 0 aliphatic heterocycles. The average molecular weight is 218 g/mol. The summed E-state index contributed by atoms with van der Waals surface area (Å²) in [5.74, 6) is 0. The smallest absolute Gasteiger partial charge is 0.392 e. The highest BCUT2D eigenvalue weighted by atomic mass is 31.2. The summed E-state index contributed by atoms with van der Waals surface area (Å²) in [6, 6.07) is 6.61. The van der Waals surface area contributed by atoms with Crippen LogP contribution < -0.4 is 0 Å². The van der Waals surface area contributed by atoms with Crippen LogP contribution in [0, 0.1) is 0 Å². The molecular weight excluding hydrogens is 207 g/mol. The van der Waals surface area contributed by atoms with Crippen LogP contribution in [0.2, 0.25) is 0 Å². The van der Waals surface area contributed by atoms with Gasteiger partial charge in [0.1, 0.15) is 0 Å². The van der Waals surface area contributed by atoms with Crippen LogP contribution in [-0.2, 0) is 22.3 Å². The summed E-state index contributed by atoms with van der Waals surface area (Å²) in [7, 11) is -4.40. The van der Waals surface area contributed by atoms with Crippen molar-refractivity contribution in [3.8, 4) is 0 Å². The van der Waals surface area contributed by atoms with Crippen molar-refractivity contribution < 1.29 is 24.0 Å². The molecule has 0 atom stereocenters. The highest BCUT2D eigenvalue weighted by Gasteiger charge is 2.13. The molecule has 0 bridgehead atoms. The number of aliphatic hydroxyl groups excluding tert-OH is 1. The molecule has 1 aromatic carbocycles. The minimum absolute atomic E-state index is 0.0559. The summed E-state index contributed by atoms with van der Waals surface area (Å²) in [5, 5.41) is 8.73. The number of phosphoric ester groups is 1. The molecule has 0 amide bonds. The molecule has 0 unspecified atom stereocenters. The van der Waals surface area contributed by atoms with Crippen LogP contribution in [0.5, 0.6) is 0 Å². The lowest BCUT2D eigenvalue weighted by Crippen LogP contribution is -1.91. The Kier molecular flexibility index (Phi) is 3.80. The molecule has 1 rings (SSSR count). The molecule has 0 aromatic heterocycles. The number of aliphatic hydroxyl groups is 1. The third-order valence-corrected chi connectivity index (χ3v) is 2.07. The van der Waals surface area contributed by atoms with Gasteiger partial charge in [-0.1, -0.05) is 24.3 Å². The summed E-state index contributed by atoms with van der Waals surface area (Å²) >= 11 is 0. The van der Waals surface area contributed by atoms with E-state index < -0.39 is 7.82 Å². The quantitative estimate of drug-likeness (QED) is 0.650. The fourth-order valence-corrected chi connectivity index (χ4v) is 1.22. The van der Waals surface area contributed by atoms with Gasteiger partial charge in [-0.3, -0.25) is 4.52 Å². The van der Waals surface area contributed by atoms with Crippen molar-refractivity contribution in [1.29, 1.82) is 0 Å². The van der Waals surface area contributed by atoms with Crippen LogP contribution >= 0.6 is 7.82 Å². The Bertz CT molecular complexity index is 328. The summed E-state index contributed by atoms with van der Waals surface area (Å²) in [5.41, 5.74) is 1.38. The van der Waals surface area contributed by atoms with E-state index in [1.807, 2.05) is 0 Å². The molecule has 1 aromatic rings. The third-order valence-electron chi connectivity index (χ3n) is 1.60. The van der Waals surface area contributed by atoms with E-state index in [0.29, 0.717) is 5.56 Å². The SMILES string of the molecule is O=P(O)(O)OCc1ccc(CO)cc1. The average Bonchev–Trinajstić information content (AvgIpc) is 2.14. The predicted octanol–water partition coefficient (Wildman–Crippen LogP) is 0.788. The number of benzene rings is 1. The Morgan fingerprint density at radius 2 is 1.64 bits per heavy atom. The third kappa shape index (κ3) is 4.00. The van der Waals surface area contributed by atoms with E-state index in [9.17, 15) is 4.57 Å². The molecule has 0 saturated carbocycles. The molecule has 0 radical (unpaired) electrons. The van der Waals surface area contributed by atoms with Crippen LogP contribution in [-0.4, -0.2) is 14.9 Å². The Hall–Kier alpha value is -0.710. The van der Waals surface area contributed by atoms with Gasteiger partial charge < -0.3 is 14.9 Å². The van der Waals surface area contributed by atoms with E-state index in [0.717, 1.165) is 5.56 Å². The molecule has 0 saturated heterocycles. The summed E-state index contributed by atoms with van der Waals surface area (Å²) in [6.07, 6.45) is 0. The van der Waals surface area contributed by atoms with E-state index in [2.05, 4.69) is 4.52 Å². The largest absolute Gasteiger partial charge is 0.469 e. The zero-order valence-corrected chi connectivity index (χ0v) is 8.22. The van der Waals surface area contributed by atoms with E-state index in [4.69, 9.17) is 14.9 Å². The first kappa shape index (κ1) is 11.4. The van der Waals surface area contributed by atoms with Gasteiger partial charge in [-0.2, -0.15) is 0 Å². The van der Waals surface area contributed by atoms with E-state index >= 15 is 0 Å². The fourth-order valence-electron chi connectivity index (χ4n) is 0.900. The number of rotatable bonds is 4. The van der Waals surface area contributed by atoms with Crippen LogP contribution in [0.4, 0.5) is 0 Å². The van der Waals surface area contributed by atoms with Gasteiger partial charge in [0.15, 0.2) is 0 Å². The predicted molar refractivity (Wildman–Crippen MR) is 49.2 cm³/mol. The maximum Gasteiger partial charge on any atom is 0.469 e. The Balaban J connectivity index is 2.56. The molecular formula is C8H11O5P. The molecule has 0 aliphatic carbocycles. The van der Waals surface area contributed by atoms with Crippen molar-refractivity contribution in [2.24, 2.45) is 0 Å². The molecule has 6 heteroatoms. The number of phosphoric acid groups is 1. The van der Waals surface area contributed by atoms with Crippen molar-refractivity contribution in [3.63, 3.8) is 0 Å². The highest BCUT2D eigenvalue weighted by Crippen LogP contribution is 2.36. The lowest BCUT2D eigenvalue weighted by atomic mass is 10.1. The fraction of sp³-hybridized carbons (Fsp3) is 0.250. The topological polar surface area (TPSA) is 87.0 Å². The van der Waals surface area contributed by atoms with Gasteiger partial charge in [0.25, 0.3) is 0 Å². The van der Waals surface area contributed by atoms with Crippen molar-refractivity contribution in [2.75, 3.05) is 0 Å². The first-order valence-electron chi connectivity index (χ1n) is 3.90. The summed E-state index contributed by atoms with van der Waals surface area (Å²) in [6.45, 7) is -0.199. The molecule has 14 heavy (non-hydrogen) atoms. The maximum atomic E-state index is 10.4. The second-order valence-electron chi connectivity index (χ2n) is 2.74. The van der Waals surface area contributed by atoms with Gasteiger partial charge in [-0.15, -0.1) is 0 Å². The van der Waals surface area contributed by atoms with Crippen molar-refractivity contribution in [3.05, 3.63) is 35.4 Å². The van der Waals surface area contributed by atoms with Crippen LogP contribution in [0.25, 0.3) is 0 Å². The first-order chi connectivity index (χ1) is 6.51. The van der Waals surface area contributed by atoms with Gasteiger partial charge >= 0.3 is 7.82 Å². The van der Waals surface area contributed by atoms with Crippen molar-refractivity contribution in [1.82, 2.24) is 0 Å². The van der Waals surface area contributed by atoms with Crippen LogP contribution in [0.1, 0.15) is 11.1 Å². The minimum Gasteiger partial charge on any atom is -0.392 e. The first-order valence-corrected chi connectivity index (χ1v) is 5.43. The maximum absolute atomic E-state index is 10.4. The van der Waals surface area contributed by atoms with Crippen molar-refractivity contribution in [2.45, 2.75) is 13.2 Å². The second-order valence-corrected chi connectivity index (χ2v) is 3.98. The van der Waals surface area contributed by atoms with E-state index in [1.54, 1.807) is 24.3 Å². The Morgan fingerprint density at radius 3 is 2.07 bits per heavy atom. The second kappa shape index (κ2) is 4.68. The summed E-state index contributed by atoms with van der Waals surface area (Å²) in [4.78, 5) is 16.9. The highest BCUT2D eigenvalue weighted by molar-refractivity contribution is 7.46. The minimum atomic E-state index is -4.40. The Labute approximate surface area is 81.2 Å². The molecule has 0 fully saturated rings. The van der Waals surface area contributed by atoms with E-state index in [-0.39, 0.29) is 13.2 Å². The summed E-state index contributed by atoms with van der Waals surface area (Å²) < 4.78 is 14.7. The lowest BCUT2D eigenvalue weighted by Gasteiger charge is -2.05. The van der Waals surface area contributed by atoms with Gasteiger partial charge in [0.05, 0.1) is 13.2 Å². The van der Waals surface area contributed by atoms with Gasteiger partial charge in [0, 0.05) is 0 Å². The zero-order valence-electron chi connectivity index (χ0n) is 7.33. The zero-order chi connectivity index (χ0) is 10.6. The standard InChI is InChI=1S/C8H11O5P/c9-5-7-1-3-8(4-2-7)6-13-14(10,11)12/h1-4,9H,5-6H2,(H2,10,11,12). The molecule has 3 N–H and O–H groups in total. The monoisotopic (exact) mass is 218 g/mol. The van der Waals surface area contributed by atoms with Gasteiger partial charge in [-0.25, -0.2) is 4.57 Å². The van der Waals surface area contributed by atoms with Crippen LogP contribution in [0.3, 0.4) is 0 Å². The lowest BCUT2D eigenvalue weighted by molar-refractivity contribution is 0.189.